The molecule has 0 aliphatic carbocycles. The molecular formula is C14H13ClN2O3. The molecule has 1 aromatic heterocycles. The molecule has 0 saturated heterocycles. The van der Waals surface area contributed by atoms with E-state index in [0.29, 0.717) is 12.4 Å². The summed E-state index contributed by atoms with van der Waals surface area (Å²) in [6.07, 6.45) is 1.35. The maximum atomic E-state index is 11.4. The molecule has 20 heavy (non-hydrogen) atoms. The van der Waals surface area contributed by atoms with Crippen LogP contribution in [0.5, 0.6) is 5.75 Å². The Morgan fingerprint density at radius 2 is 2.00 bits per heavy atom. The molecule has 0 bridgehead atoms. The van der Waals surface area contributed by atoms with Crippen LogP contribution >= 0.6 is 11.6 Å². The highest BCUT2D eigenvalue weighted by Gasteiger charge is 2.14. The van der Waals surface area contributed by atoms with Gasteiger partial charge in [-0.05, 0) is 31.2 Å². The highest BCUT2D eigenvalue weighted by Crippen LogP contribution is 2.22. The van der Waals surface area contributed by atoms with Gasteiger partial charge in [0.15, 0.2) is 5.82 Å². The lowest BCUT2D eigenvalue weighted by Crippen LogP contribution is -2.05. The molecule has 0 amide bonds. The summed E-state index contributed by atoms with van der Waals surface area (Å²) in [5, 5.41) is 0.0655. The van der Waals surface area contributed by atoms with Gasteiger partial charge >= 0.3 is 5.97 Å². The zero-order chi connectivity index (χ0) is 14.5. The van der Waals surface area contributed by atoms with E-state index in [1.54, 1.807) is 0 Å². The van der Waals surface area contributed by atoms with Gasteiger partial charge in [0.2, 0.25) is 0 Å². The largest absolute Gasteiger partial charge is 0.494 e. The summed E-state index contributed by atoms with van der Waals surface area (Å²) in [6, 6.07) is 7.30. The van der Waals surface area contributed by atoms with E-state index in [0.717, 1.165) is 11.3 Å². The second-order valence-corrected chi connectivity index (χ2v) is 4.21. The molecule has 0 aliphatic heterocycles. The number of carbonyl (C=O) groups is 1. The van der Waals surface area contributed by atoms with Gasteiger partial charge in [-0.2, -0.15) is 0 Å². The van der Waals surface area contributed by atoms with Crippen molar-refractivity contribution in [2.24, 2.45) is 0 Å². The van der Waals surface area contributed by atoms with E-state index in [2.05, 4.69) is 14.7 Å². The van der Waals surface area contributed by atoms with Crippen LogP contribution in [0.3, 0.4) is 0 Å². The first-order valence-corrected chi connectivity index (χ1v) is 6.37. The fraction of sp³-hybridized carbons (Fsp3) is 0.214. The van der Waals surface area contributed by atoms with Gasteiger partial charge < -0.3 is 9.47 Å². The maximum absolute atomic E-state index is 11.4. The van der Waals surface area contributed by atoms with Crippen molar-refractivity contribution in [3.8, 4) is 17.1 Å². The predicted octanol–water partition coefficient (Wildman–Crippen LogP) is 2.98. The normalized spacial score (nSPS) is 10.2. The molecule has 0 aliphatic rings. The average Bonchev–Trinajstić information content (AvgIpc) is 2.47. The zero-order valence-electron chi connectivity index (χ0n) is 11.1. The third-order valence-corrected chi connectivity index (χ3v) is 2.86. The molecule has 0 N–H and O–H groups in total. The molecule has 0 atom stereocenters. The van der Waals surface area contributed by atoms with Gasteiger partial charge in [0.1, 0.15) is 16.5 Å². The number of rotatable bonds is 4. The fourth-order valence-electron chi connectivity index (χ4n) is 1.61. The van der Waals surface area contributed by atoms with Gasteiger partial charge in [-0.15, -0.1) is 0 Å². The molecule has 0 saturated carbocycles. The predicted molar refractivity (Wildman–Crippen MR) is 75.0 cm³/mol. The van der Waals surface area contributed by atoms with Crippen LogP contribution in [0, 0.1) is 0 Å². The van der Waals surface area contributed by atoms with E-state index < -0.39 is 5.97 Å². The van der Waals surface area contributed by atoms with E-state index in [1.165, 1.54) is 13.3 Å². The summed E-state index contributed by atoms with van der Waals surface area (Å²) in [7, 11) is 1.28. The number of ether oxygens (including phenoxy) is 2. The third kappa shape index (κ3) is 3.05. The molecule has 1 aromatic carbocycles. The van der Waals surface area contributed by atoms with Crippen molar-refractivity contribution in [1.82, 2.24) is 9.97 Å². The summed E-state index contributed by atoms with van der Waals surface area (Å²) in [5.41, 5.74) is 0.927. The summed E-state index contributed by atoms with van der Waals surface area (Å²) in [6.45, 7) is 2.53. The first-order chi connectivity index (χ1) is 9.65. The van der Waals surface area contributed by atoms with Crippen molar-refractivity contribution in [1.29, 1.82) is 0 Å². The second-order valence-electron chi connectivity index (χ2n) is 3.85. The fourth-order valence-corrected chi connectivity index (χ4v) is 1.82. The molecule has 1 heterocycles. The van der Waals surface area contributed by atoms with Crippen LogP contribution in [0.2, 0.25) is 5.15 Å². The van der Waals surface area contributed by atoms with Crippen LogP contribution in [0.4, 0.5) is 0 Å². The number of esters is 1. The van der Waals surface area contributed by atoms with Gasteiger partial charge in [-0.25, -0.2) is 14.8 Å². The lowest BCUT2D eigenvalue weighted by atomic mass is 10.2. The number of carbonyl (C=O) groups excluding carboxylic acids is 1. The molecule has 5 nitrogen and oxygen atoms in total. The van der Waals surface area contributed by atoms with Crippen LogP contribution < -0.4 is 4.74 Å². The number of hydrogen-bond acceptors (Lipinski definition) is 5. The van der Waals surface area contributed by atoms with Crippen LogP contribution in [0.25, 0.3) is 11.4 Å². The average molecular weight is 293 g/mol. The van der Waals surface area contributed by atoms with Crippen LogP contribution in [0.1, 0.15) is 17.3 Å². The number of methoxy groups -OCH3 is 1. The number of hydrogen-bond donors (Lipinski definition) is 0. The van der Waals surface area contributed by atoms with Crippen molar-refractivity contribution >= 4 is 17.6 Å². The molecule has 6 heteroatoms. The van der Waals surface area contributed by atoms with E-state index in [9.17, 15) is 4.79 Å². The quantitative estimate of drug-likeness (QED) is 0.640. The monoisotopic (exact) mass is 292 g/mol. The Morgan fingerprint density at radius 1 is 1.30 bits per heavy atom. The number of halogens is 1. The molecular weight excluding hydrogens is 280 g/mol. The molecule has 0 radical (unpaired) electrons. The van der Waals surface area contributed by atoms with E-state index in [-0.39, 0.29) is 10.7 Å². The van der Waals surface area contributed by atoms with Crippen LogP contribution in [0.15, 0.2) is 30.5 Å². The van der Waals surface area contributed by atoms with Crippen LogP contribution in [-0.2, 0) is 4.74 Å². The second kappa shape index (κ2) is 6.34. The van der Waals surface area contributed by atoms with Gasteiger partial charge in [0, 0.05) is 11.8 Å². The lowest BCUT2D eigenvalue weighted by molar-refractivity contribution is 0.0600. The Labute approximate surface area is 121 Å². The number of aromatic nitrogens is 2. The minimum atomic E-state index is -0.562. The van der Waals surface area contributed by atoms with Crippen molar-refractivity contribution in [3.63, 3.8) is 0 Å². The minimum Gasteiger partial charge on any atom is -0.494 e. The van der Waals surface area contributed by atoms with Crippen molar-refractivity contribution in [2.45, 2.75) is 6.92 Å². The molecule has 104 valence electrons. The number of nitrogens with zero attached hydrogens (tertiary/aromatic N) is 2. The first-order valence-electron chi connectivity index (χ1n) is 5.99. The zero-order valence-corrected chi connectivity index (χ0v) is 11.8. The smallest absolute Gasteiger partial charge is 0.342 e. The topological polar surface area (TPSA) is 61.3 Å². The van der Waals surface area contributed by atoms with Crippen molar-refractivity contribution in [3.05, 3.63) is 41.2 Å². The minimum absolute atomic E-state index is 0.0655. The Bertz CT molecular complexity index is 614. The van der Waals surface area contributed by atoms with Gasteiger partial charge in [0.25, 0.3) is 0 Å². The maximum Gasteiger partial charge on any atom is 0.342 e. The summed E-state index contributed by atoms with van der Waals surface area (Å²) >= 11 is 5.96. The molecule has 2 aromatic rings. The molecule has 0 fully saturated rings. The Kier molecular flexibility index (Phi) is 4.53. The highest BCUT2D eigenvalue weighted by atomic mass is 35.5. The Morgan fingerprint density at radius 3 is 2.55 bits per heavy atom. The molecule has 2 rings (SSSR count). The molecule has 0 spiro atoms. The number of benzene rings is 1. The van der Waals surface area contributed by atoms with E-state index in [4.69, 9.17) is 16.3 Å². The third-order valence-electron chi connectivity index (χ3n) is 2.57. The SMILES string of the molecule is CCOc1ccc(-c2ncc(C(=O)OC)c(Cl)n2)cc1. The van der Waals surface area contributed by atoms with Crippen molar-refractivity contribution in [2.75, 3.05) is 13.7 Å². The summed E-state index contributed by atoms with van der Waals surface area (Å²) < 4.78 is 9.94. The van der Waals surface area contributed by atoms with Crippen LogP contribution in [-0.4, -0.2) is 29.7 Å². The van der Waals surface area contributed by atoms with Crippen molar-refractivity contribution < 1.29 is 14.3 Å². The highest BCUT2D eigenvalue weighted by molar-refractivity contribution is 6.32. The Balaban J connectivity index is 2.29. The van der Waals surface area contributed by atoms with E-state index in [1.807, 2.05) is 31.2 Å². The van der Waals surface area contributed by atoms with Gasteiger partial charge in [0.05, 0.1) is 13.7 Å². The molecule has 0 unspecified atom stereocenters. The van der Waals surface area contributed by atoms with Gasteiger partial charge in [-0.3, -0.25) is 0 Å². The summed E-state index contributed by atoms with van der Waals surface area (Å²) in [5.74, 6) is 0.646. The van der Waals surface area contributed by atoms with E-state index >= 15 is 0 Å². The first kappa shape index (κ1) is 14.3. The summed E-state index contributed by atoms with van der Waals surface area (Å²) in [4.78, 5) is 19.6. The standard InChI is InChI=1S/C14H13ClN2O3/c1-3-20-10-6-4-9(5-7-10)13-16-8-11(12(15)17-13)14(18)19-2/h4-8H,3H2,1-2H3. The Hall–Kier alpha value is -2.14. The van der Waals surface area contributed by atoms with Gasteiger partial charge in [-0.1, -0.05) is 11.6 Å². The lowest BCUT2D eigenvalue weighted by Gasteiger charge is -2.06.